The Morgan fingerprint density at radius 2 is 2.00 bits per heavy atom. The van der Waals surface area contributed by atoms with E-state index >= 15 is 0 Å². The zero-order valence-electron chi connectivity index (χ0n) is 12.1. The van der Waals surface area contributed by atoms with E-state index in [1.807, 2.05) is 44.3 Å². The van der Waals surface area contributed by atoms with E-state index in [1.54, 1.807) is 7.11 Å². The number of nitrogens with one attached hydrogen (secondary N) is 1. The summed E-state index contributed by atoms with van der Waals surface area (Å²) >= 11 is 0. The lowest BCUT2D eigenvalue weighted by atomic mass is 10.2. The number of nitrogens with zero attached hydrogens (tertiary/aromatic N) is 1. The summed E-state index contributed by atoms with van der Waals surface area (Å²) in [6.45, 7) is 3.25. The molecule has 0 unspecified atom stereocenters. The molecule has 0 saturated carbocycles. The van der Waals surface area contributed by atoms with Gasteiger partial charge in [0.25, 0.3) is 0 Å². The van der Waals surface area contributed by atoms with E-state index in [2.05, 4.69) is 16.4 Å². The molecule has 0 atom stereocenters. The lowest BCUT2D eigenvalue weighted by molar-refractivity contribution is 0.292. The van der Waals surface area contributed by atoms with Crippen LogP contribution in [0.15, 0.2) is 36.4 Å². The zero-order valence-corrected chi connectivity index (χ0v) is 12.1. The maximum atomic E-state index is 5.76. The summed E-state index contributed by atoms with van der Waals surface area (Å²) in [4.78, 5) is 4.39. The first kappa shape index (κ1) is 14.3. The van der Waals surface area contributed by atoms with Crippen LogP contribution >= 0.6 is 0 Å². The van der Waals surface area contributed by atoms with Gasteiger partial charge in [0.15, 0.2) is 0 Å². The quantitative estimate of drug-likeness (QED) is 0.878. The van der Waals surface area contributed by atoms with Crippen LogP contribution in [0.3, 0.4) is 0 Å². The summed E-state index contributed by atoms with van der Waals surface area (Å²) in [7, 11) is 3.58. The first-order chi connectivity index (χ1) is 9.71. The van der Waals surface area contributed by atoms with Crippen LogP contribution in [0, 0.1) is 6.92 Å². The van der Waals surface area contributed by atoms with Crippen molar-refractivity contribution in [2.24, 2.45) is 0 Å². The van der Waals surface area contributed by atoms with Crippen molar-refractivity contribution in [1.29, 1.82) is 0 Å². The third-order valence-electron chi connectivity index (χ3n) is 2.89. The highest BCUT2D eigenvalue weighted by Crippen LogP contribution is 2.17. The van der Waals surface area contributed by atoms with Gasteiger partial charge in [0, 0.05) is 18.3 Å². The van der Waals surface area contributed by atoms with Crippen LogP contribution in [0.4, 0.5) is 0 Å². The second-order valence-corrected chi connectivity index (χ2v) is 4.63. The van der Waals surface area contributed by atoms with Crippen LogP contribution < -0.4 is 14.8 Å². The van der Waals surface area contributed by atoms with Crippen molar-refractivity contribution >= 4 is 0 Å². The molecular weight excluding hydrogens is 252 g/mol. The highest BCUT2D eigenvalue weighted by Gasteiger charge is 2.02. The average molecular weight is 272 g/mol. The highest BCUT2D eigenvalue weighted by molar-refractivity contribution is 5.29. The number of benzene rings is 1. The first-order valence-electron chi connectivity index (χ1n) is 6.59. The van der Waals surface area contributed by atoms with Gasteiger partial charge in [-0.05, 0) is 43.3 Å². The number of aromatic nitrogens is 1. The molecule has 4 heteroatoms. The van der Waals surface area contributed by atoms with Crippen molar-refractivity contribution < 1.29 is 9.47 Å². The first-order valence-corrected chi connectivity index (χ1v) is 6.59. The van der Waals surface area contributed by atoms with Gasteiger partial charge in [0.05, 0.1) is 7.11 Å². The molecule has 4 nitrogen and oxygen atoms in total. The Hall–Kier alpha value is -2.07. The summed E-state index contributed by atoms with van der Waals surface area (Å²) < 4.78 is 11.0. The molecule has 0 fully saturated rings. The van der Waals surface area contributed by atoms with Crippen molar-refractivity contribution in [2.75, 3.05) is 14.2 Å². The Morgan fingerprint density at radius 3 is 2.75 bits per heavy atom. The van der Waals surface area contributed by atoms with Gasteiger partial charge >= 0.3 is 0 Å². The topological polar surface area (TPSA) is 43.4 Å². The SMILES string of the molecule is CNCc1cc(C)nc(OCc2cccc(OC)c2)c1. The molecular formula is C16H20N2O2. The van der Waals surface area contributed by atoms with E-state index in [1.165, 1.54) is 5.56 Å². The molecule has 1 aromatic carbocycles. The minimum atomic E-state index is 0.479. The van der Waals surface area contributed by atoms with Gasteiger partial charge in [0.2, 0.25) is 5.88 Å². The highest BCUT2D eigenvalue weighted by atomic mass is 16.5. The fourth-order valence-corrected chi connectivity index (χ4v) is 2.01. The second kappa shape index (κ2) is 6.91. The minimum absolute atomic E-state index is 0.479. The summed E-state index contributed by atoms with van der Waals surface area (Å²) in [6.07, 6.45) is 0. The van der Waals surface area contributed by atoms with E-state index in [4.69, 9.17) is 9.47 Å². The maximum absolute atomic E-state index is 5.76. The molecule has 1 heterocycles. The Labute approximate surface area is 119 Å². The van der Waals surface area contributed by atoms with Gasteiger partial charge in [-0.2, -0.15) is 0 Å². The lowest BCUT2D eigenvalue weighted by Gasteiger charge is -2.09. The molecule has 0 spiro atoms. The minimum Gasteiger partial charge on any atom is -0.497 e. The summed E-state index contributed by atoms with van der Waals surface area (Å²) in [5.41, 5.74) is 3.18. The normalized spacial score (nSPS) is 10.3. The standard InChI is InChI=1S/C16H20N2O2/c1-12-7-14(10-17-2)9-16(18-12)20-11-13-5-4-6-15(8-13)19-3/h4-9,17H,10-11H2,1-3H3. The van der Waals surface area contributed by atoms with Crippen molar-refractivity contribution in [1.82, 2.24) is 10.3 Å². The number of aryl methyl sites for hydroxylation is 1. The van der Waals surface area contributed by atoms with Crippen LogP contribution in [0.25, 0.3) is 0 Å². The van der Waals surface area contributed by atoms with E-state index < -0.39 is 0 Å². The van der Waals surface area contributed by atoms with Gasteiger partial charge in [-0.15, -0.1) is 0 Å². The Balaban J connectivity index is 2.06. The van der Waals surface area contributed by atoms with E-state index in [0.717, 1.165) is 23.6 Å². The van der Waals surface area contributed by atoms with Gasteiger partial charge in [0.1, 0.15) is 12.4 Å². The molecule has 0 amide bonds. The Morgan fingerprint density at radius 1 is 1.15 bits per heavy atom. The predicted molar refractivity (Wildman–Crippen MR) is 79.1 cm³/mol. The Bertz CT molecular complexity index is 570. The van der Waals surface area contributed by atoms with E-state index in [-0.39, 0.29) is 0 Å². The zero-order chi connectivity index (χ0) is 14.4. The summed E-state index contributed by atoms with van der Waals surface area (Å²) in [6, 6.07) is 11.8. The van der Waals surface area contributed by atoms with Crippen molar-refractivity contribution in [3.63, 3.8) is 0 Å². The summed E-state index contributed by atoms with van der Waals surface area (Å²) in [5, 5.41) is 3.13. The number of hydrogen-bond acceptors (Lipinski definition) is 4. The molecule has 1 aromatic heterocycles. The molecule has 0 bridgehead atoms. The van der Waals surface area contributed by atoms with E-state index in [9.17, 15) is 0 Å². The van der Waals surface area contributed by atoms with Crippen molar-refractivity contribution in [3.8, 4) is 11.6 Å². The maximum Gasteiger partial charge on any atom is 0.214 e. The number of rotatable bonds is 6. The number of hydrogen-bond donors (Lipinski definition) is 1. The molecule has 0 aliphatic rings. The smallest absolute Gasteiger partial charge is 0.214 e. The van der Waals surface area contributed by atoms with Gasteiger partial charge in [-0.1, -0.05) is 12.1 Å². The fourth-order valence-electron chi connectivity index (χ4n) is 2.01. The predicted octanol–water partition coefficient (Wildman–Crippen LogP) is 2.70. The van der Waals surface area contributed by atoms with Crippen LogP contribution in [0.2, 0.25) is 0 Å². The van der Waals surface area contributed by atoms with Crippen LogP contribution in [-0.4, -0.2) is 19.1 Å². The molecule has 2 aromatic rings. The molecule has 1 N–H and O–H groups in total. The van der Waals surface area contributed by atoms with E-state index in [0.29, 0.717) is 12.5 Å². The van der Waals surface area contributed by atoms with Gasteiger partial charge < -0.3 is 14.8 Å². The molecule has 0 saturated heterocycles. The van der Waals surface area contributed by atoms with Crippen LogP contribution in [-0.2, 0) is 13.2 Å². The van der Waals surface area contributed by atoms with Crippen molar-refractivity contribution in [3.05, 3.63) is 53.2 Å². The van der Waals surface area contributed by atoms with Gasteiger partial charge in [-0.25, -0.2) is 4.98 Å². The van der Waals surface area contributed by atoms with Crippen LogP contribution in [0.1, 0.15) is 16.8 Å². The molecule has 0 aliphatic heterocycles. The monoisotopic (exact) mass is 272 g/mol. The number of methoxy groups -OCH3 is 1. The number of pyridine rings is 1. The fraction of sp³-hybridized carbons (Fsp3) is 0.312. The van der Waals surface area contributed by atoms with Crippen LogP contribution in [0.5, 0.6) is 11.6 Å². The van der Waals surface area contributed by atoms with Gasteiger partial charge in [-0.3, -0.25) is 0 Å². The number of ether oxygens (including phenoxy) is 2. The summed E-state index contributed by atoms with van der Waals surface area (Å²) in [5.74, 6) is 1.48. The Kier molecular flexibility index (Phi) is 4.96. The second-order valence-electron chi connectivity index (χ2n) is 4.63. The molecule has 106 valence electrons. The molecule has 0 aliphatic carbocycles. The largest absolute Gasteiger partial charge is 0.497 e. The average Bonchev–Trinajstić information content (AvgIpc) is 2.45. The van der Waals surface area contributed by atoms with Crippen molar-refractivity contribution in [2.45, 2.75) is 20.1 Å². The third kappa shape index (κ3) is 3.96. The molecule has 2 rings (SSSR count). The third-order valence-corrected chi connectivity index (χ3v) is 2.89. The lowest BCUT2D eigenvalue weighted by Crippen LogP contribution is -2.06. The molecule has 0 radical (unpaired) electrons. The molecule has 20 heavy (non-hydrogen) atoms.